The van der Waals surface area contributed by atoms with Gasteiger partial charge in [-0.05, 0) is 49.2 Å². The molecule has 0 saturated carbocycles. The molecule has 0 radical (unpaired) electrons. The molecule has 0 aliphatic rings. The van der Waals surface area contributed by atoms with Gasteiger partial charge in [0.1, 0.15) is 18.5 Å². The Labute approximate surface area is 147 Å². The number of benzene rings is 2. The molecule has 0 bridgehead atoms. The van der Waals surface area contributed by atoms with Gasteiger partial charge in [0.25, 0.3) is 0 Å². The lowest BCUT2D eigenvalue weighted by atomic mass is 10.1. The zero-order chi connectivity index (χ0) is 16.8. The maximum absolute atomic E-state index is 10.0. The second-order valence-electron chi connectivity index (χ2n) is 5.58. The lowest BCUT2D eigenvalue weighted by molar-refractivity contribution is 0.104. The summed E-state index contributed by atoms with van der Waals surface area (Å²) < 4.78 is 5.57. The van der Waals surface area contributed by atoms with Crippen molar-refractivity contribution in [2.45, 2.75) is 26.0 Å². The van der Waals surface area contributed by atoms with E-state index in [0.29, 0.717) is 22.3 Å². The summed E-state index contributed by atoms with van der Waals surface area (Å²) in [6.45, 7) is 4.61. The zero-order valence-electron chi connectivity index (χ0n) is 13.2. The number of hydrogen-bond acceptors (Lipinski definition) is 3. The molecule has 124 valence electrons. The molecule has 2 aromatic carbocycles. The van der Waals surface area contributed by atoms with Crippen molar-refractivity contribution in [1.82, 2.24) is 5.32 Å². The average molecular weight is 354 g/mol. The van der Waals surface area contributed by atoms with Crippen LogP contribution < -0.4 is 10.1 Å². The van der Waals surface area contributed by atoms with Crippen LogP contribution in [0, 0.1) is 6.92 Å². The molecular weight excluding hydrogens is 333 g/mol. The van der Waals surface area contributed by atoms with Crippen molar-refractivity contribution < 1.29 is 9.84 Å². The van der Waals surface area contributed by atoms with Gasteiger partial charge in [-0.15, -0.1) is 0 Å². The van der Waals surface area contributed by atoms with Crippen molar-refractivity contribution in [3.63, 3.8) is 0 Å². The first-order valence-electron chi connectivity index (χ1n) is 7.51. The molecule has 0 spiro atoms. The van der Waals surface area contributed by atoms with Gasteiger partial charge >= 0.3 is 0 Å². The second-order valence-corrected chi connectivity index (χ2v) is 6.42. The number of aliphatic hydroxyl groups excluding tert-OH is 1. The van der Waals surface area contributed by atoms with Crippen LogP contribution in [-0.2, 0) is 0 Å². The monoisotopic (exact) mass is 353 g/mol. The zero-order valence-corrected chi connectivity index (χ0v) is 14.7. The fourth-order valence-corrected chi connectivity index (χ4v) is 2.57. The van der Waals surface area contributed by atoms with Crippen LogP contribution >= 0.6 is 23.2 Å². The number of ether oxygens (including phenoxy) is 1. The molecule has 2 atom stereocenters. The Kier molecular flexibility index (Phi) is 6.72. The van der Waals surface area contributed by atoms with Gasteiger partial charge in [-0.2, -0.15) is 0 Å². The molecule has 0 aliphatic heterocycles. The summed E-state index contributed by atoms with van der Waals surface area (Å²) in [5.74, 6) is 0.585. The van der Waals surface area contributed by atoms with Gasteiger partial charge in [0.15, 0.2) is 0 Å². The molecule has 2 rings (SSSR count). The van der Waals surface area contributed by atoms with E-state index in [2.05, 4.69) is 5.32 Å². The summed E-state index contributed by atoms with van der Waals surface area (Å²) in [7, 11) is 0. The number of halogens is 2. The van der Waals surface area contributed by atoms with E-state index in [4.69, 9.17) is 27.9 Å². The van der Waals surface area contributed by atoms with E-state index in [1.165, 1.54) is 0 Å². The highest BCUT2D eigenvalue weighted by Crippen LogP contribution is 2.25. The minimum absolute atomic E-state index is 0.116. The van der Waals surface area contributed by atoms with Crippen molar-refractivity contribution >= 4 is 23.2 Å². The number of rotatable bonds is 7. The molecule has 2 unspecified atom stereocenters. The summed E-state index contributed by atoms with van der Waals surface area (Å²) in [5.41, 5.74) is 2.19. The molecular formula is C18H21Cl2NO2. The first kappa shape index (κ1) is 18.1. The molecule has 23 heavy (non-hydrogen) atoms. The van der Waals surface area contributed by atoms with Gasteiger partial charge in [-0.25, -0.2) is 0 Å². The molecule has 2 N–H and O–H groups in total. The normalized spacial score (nSPS) is 13.6. The Morgan fingerprint density at radius 3 is 2.48 bits per heavy atom. The molecule has 0 fully saturated rings. The number of hydrogen-bond donors (Lipinski definition) is 2. The summed E-state index contributed by atoms with van der Waals surface area (Å²) >= 11 is 12.0. The van der Waals surface area contributed by atoms with Crippen LogP contribution in [0.4, 0.5) is 0 Å². The van der Waals surface area contributed by atoms with E-state index >= 15 is 0 Å². The van der Waals surface area contributed by atoms with Gasteiger partial charge in [0.05, 0.1) is 5.02 Å². The minimum atomic E-state index is -0.623. The lowest BCUT2D eigenvalue weighted by Gasteiger charge is -2.18. The largest absolute Gasteiger partial charge is 0.489 e. The molecule has 2 aromatic rings. The fourth-order valence-electron chi connectivity index (χ4n) is 2.15. The Morgan fingerprint density at radius 1 is 1.13 bits per heavy atom. The van der Waals surface area contributed by atoms with Crippen molar-refractivity contribution in [3.8, 4) is 5.75 Å². The van der Waals surface area contributed by atoms with Crippen molar-refractivity contribution in [1.29, 1.82) is 0 Å². The topological polar surface area (TPSA) is 41.5 Å². The van der Waals surface area contributed by atoms with Crippen LogP contribution in [0.2, 0.25) is 10.0 Å². The van der Waals surface area contributed by atoms with E-state index in [0.717, 1.165) is 11.1 Å². The average Bonchev–Trinajstić information content (AvgIpc) is 2.52. The van der Waals surface area contributed by atoms with E-state index in [1.54, 1.807) is 0 Å². The Balaban J connectivity index is 1.78. The Morgan fingerprint density at radius 2 is 1.83 bits per heavy atom. The molecule has 0 amide bonds. The van der Waals surface area contributed by atoms with Crippen molar-refractivity contribution in [2.24, 2.45) is 0 Å². The maximum atomic E-state index is 10.0. The summed E-state index contributed by atoms with van der Waals surface area (Å²) in [6.07, 6.45) is -0.623. The first-order chi connectivity index (χ1) is 11.0. The SMILES string of the molecule is Cc1ccc(OCC(O)CNC(C)c2ccc(Cl)cc2)c(Cl)c1. The van der Waals surface area contributed by atoms with Crippen LogP contribution in [0.15, 0.2) is 42.5 Å². The second kappa shape index (κ2) is 8.55. The molecule has 0 aliphatic carbocycles. The summed E-state index contributed by atoms with van der Waals surface area (Å²) in [4.78, 5) is 0. The van der Waals surface area contributed by atoms with Crippen LogP contribution in [0.25, 0.3) is 0 Å². The Bertz CT molecular complexity index is 631. The third kappa shape index (κ3) is 5.70. The first-order valence-corrected chi connectivity index (χ1v) is 8.27. The molecule has 0 heterocycles. The predicted molar refractivity (Wildman–Crippen MR) is 95.6 cm³/mol. The van der Waals surface area contributed by atoms with Gasteiger partial charge in [-0.3, -0.25) is 0 Å². The predicted octanol–water partition coefficient (Wildman–Crippen LogP) is 4.39. The smallest absolute Gasteiger partial charge is 0.138 e. The standard InChI is InChI=1S/C18H21Cl2NO2/c1-12-3-8-18(17(20)9-12)23-11-16(22)10-21-13(2)14-4-6-15(19)7-5-14/h3-9,13,16,21-22H,10-11H2,1-2H3. The minimum Gasteiger partial charge on any atom is -0.489 e. The molecule has 0 saturated heterocycles. The highest BCUT2D eigenvalue weighted by atomic mass is 35.5. The van der Waals surface area contributed by atoms with Crippen LogP contribution in [0.5, 0.6) is 5.75 Å². The molecule has 3 nitrogen and oxygen atoms in total. The Hall–Kier alpha value is -1.26. The van der Waals surface area contributed by atoms with Crippen molar-refractivity contribution in [3.05, 3.63) is 63.6 Å². The highest BCUT2D eigenvalue weighted by molar-refractivity contribution is 6.32. The van der Waals surface area contributed by atoms with E-state index in [-0.39, 0.29) is 12.6 Å². The van der Waals surface area contributed by atoms with E-state index in [1.807, 2.05) is 56.3 Å². The third-order valence-corrected chi connectivity index (χ3v) is 4.10. The van der Waals surface area contributed by atoms with Gasteiger partial charge in [-0.1, -0.05) is 41.4 Å². The quantitative estimate of drug-likeness (QED) is 0.775. The number of aliphatic hydroxyl groups is 1. The molecule has 0 aromatic heterocycles. The van der Waals surface area contributed by atoms with Crippen LogP contribution in [0.3, 0.4) is 0 Å². The molecule has 5 heteroatoms. The third-order valence-electron chi connectivity index (χ3n) is 3.55. The summed E-state index contributed by atoms with van der Waals surface area (Å²) in [6, 6.07) is 13.3. The summed E-state index contributed by atoms with van der Waals surface area (Å²) in [5, 5.41) is 14.6. The van der Waals surface area contributed by atoms with Crippen LogP contribution in [-0.4, -0.2) is 24.4 Å². The fraction of sp³-hybridized carbons (Fsp3) is 0.333. The maximum Gasteiger partial charge on any atom is 0.138 e. The van der Waals surface area contributed by atoms with Gasteiger partial charge < -0.3 is 15.2 Å². The van der Waals surface area contributed by atoms with Gasteiger partial charge in [0.2, 0.25) is 0 Å². The van der Waals surface area contributed by atoms with Crippen molar-refractivity contribution in [2.75, 3.05) is 13.2 Å². The highest BCUT2D eigenvalue weighted by Gasteiger charge is 2.10. The van der Waals surface area contributed by atoms with E-state index in [9.17, 15) is 5.11 Å². The number of nitrogens with one attached hydrogen (secondary N) is 1. The van der Waals surface area contributed by atoms with Crippen LogP contribution in [0.1, 0.15) is 24.1 Å². The number of aryl methyl sites for hydroxylation is 1. The lowest BCUT2D eigenvalue weighted by Crippen LogP contribution is -2.33. The van der Waals surface area contributed by atoms with E-state index < -0.39 is 6.10 Å². The van der Waals surface area contributed by atoms with Gasteiger partial charge in [0, 0.05) is 17.6 Å².